The number of rotatable bonds is 2. The number of hydrogen-bond donors (Lipinski definition) is 1. The third-order valence-electron chi connectivity index (χ3n) is 2.73. The van der Waals surface area contributed by atoms with E-state index >= 15 is 0 Å². The summed E-state index contributed by atoms with van der Waals surface area (Å²) < 4.78 is 0. The molecule has 0 aliphatic carbocycles. The van der Waals surface area contributed by atoms with Gasteiger partial charge in [0.2, 0.25) is 11.8 Å². The molecule has 1 rings (SSSR count). The molecule has 15 heavy (non-hydrogen) atoms. The van der Waals surface area contributed by atoms with Gasteiger partial charge >= 0.3 is 0 Å². The van der Waals surface area contributed by atoms with Crippen molar-refractivity contribution in [3.8, 4) is 0 Å². The van der Waals surface area contributed by atoms with Gasteiger partial charge in [0.1, 0.15) is 0 Å². The number of amides is 2. The van der Waals surface area contributed by atoms with Gasteiger partial charge in [-0.05, 0) is 12.8 Å². The lowest BCUT2D eigenvalue weighted by atomic mass is 10.1. The van der Waals surface area contributed by atoms with Gasteiger partial charge in [0.05, 0.1) is 12.6 Å². The van der Waals surface area contributed by atoms with Crippen molar-refractivity contribution < 1.29 is 14.7 Å². The number of likely N-dealkylation sites (tertiary alicyclic amines) is 1. The number of carbonyl (C=O) groups excluding carboxylic acids is 2. The minimum atomic E-state index is -0.278. The van der Waals surface area contributed by atoms with Gasteiger partial charge in [-0.15, -0.1) is 0 Å². The maximum absolute atomic E-state index is 11.7. The summed E-state index contributed by atoms with van der Waals surface area (Å²) in [6.07, 6.45) is 0.991. The highest BCUT2D eigenvalue weighted by atomic mass is 16.3. The summed E-state index contributed by atoms with van der Waals surface area (Å²) in [6.45, 7) is 2.75. The smallest absolute Gasteiger partial charge is 0.242 e. The standard InChI is InChI=1S/C10H18N2O3/c1-8(13)11(2)7-10(15)12-5-3-9(14)4-6-12/h9,14H,3-7H2,1-2H3. The average Bonchev–Trinajstić information content (AvgIpc) is 2.18. The number of aliphatic hydroxyl groups is 1. The molecule has 1 aliphatic heterocycles. The minimum absolute atomic E-state index is 0.0420. The number of piperidine rings is 1. The maximum Gasteiger partial charge on any atom is 0.242 e. The van der Waals surface area contributed by atoms with E-state index < -0.39 is 0 Å². The van der Waals surface area contributed by atoms with Crippen LogP contribution in [0.25, 0.3) is 0 Å². The van der Waals surface area contributed by atoms with E-state index in [0.29, 0.717) is 25.9 Å². The molecular formula is C10H18N2O3. The van der Waals surface area contributed by atoms with Gasteiger partial charge in [0.15, 0.2) is 0 Å². The number of aliphatic hydroxyl groups excluding tert-OH is 1. The number of nitrogens with zero attached hydrogens (tertiary/aromatic N) is 2. The van der Waals surface area contributed by atoms with E-state index in [0.717, 1.165) is 0 Å². The van der Waals surface area contributed by atoms with E-state index in [1.54, 1.807) is 11.9 Å². The molecule has 1 N–H and O–H groups in total. The molecule has 0 aromatic heterocycles. The fraction of sp³-hybridized carbons (Fsp3) is 0.800. The van der Waals surface area contributed by atoms with Crippen molar-refractivity contribution in [2.45, 2.75) is 25.9 Å². The zero-order valence-electron chi connectivity index (χ0n) is 9.27. The van der Waals surface area contributed by atoms with Crippen molar-refractivity contribution in [1.29, 1.82) is 0 Å². The number of carbonyl (C=O) groups is 2. The molecule has 1 aliphatic rings. The monoisotopic (exact) mass is 214 g/mol. The van der Waals surface area contributed by atoms with Gasteiger partial charge in [-0.2, -0.15) is 0 Å². The van der Waals surface area contributed by atoms with Crippen molar-refractivity contribution in [3.63, 3.8) is 0 Å². The van der Waals surface area contributed by atoms with Crippen LogP contribution >= 0.6 is 0 Å². The van der Waals surface area contributed by atoms with E-state index in [9.17, 15) is 14.7 Å². The molecule has 1 fully saturated rings. The van der Waals surface area contributed by atoms with Crippen molar-refractivity contribution in [1.82, 2.24) is 9.80 Å². The Balaban J connectivity index is 2.37. The Morgan fingerprint density at radius 1 is 1.40 bits per heavy atom. The molecular weight excluding hydrogens is 196 g/mol. The molecule has 0 spiro atoms. The Kier molecular flexibility index (Phi) is 4.08. The summed E-state index contributed by atoms with van der Waals surface area (Å²) in [5.74, 6) is -0.153. The third kappa shape index (κ3) is 3.51. The Bertz CT molecular complexity index is 247. The quantitative estimate of drug-likeness (QED) is 0.671. The first-order valence-electron chi connectivity index (χ1n) is 5.18. The average molecular weight is 214 g/mol. The van der Waals surface area contributed by atoms with Crippen LogP contribution in [0.4, 0.5) is 0 Å². The van der Waals surface area contributed by atoms with Crippen LogP contribution in [0.3, 0.4) is 0 Å². The summed E-state index contributed by atoms with van der Waals surface area (Å²) in [5, 5.41) is 9.28. The van der Waals surface area contributed by atoms with E-state index in [1.165, 1.54) is 11.8 Å². The summed E-state index contributed by atoms with van der Waals surface area (Å²) in [4.78, 5) is 25.7. The van der Waals surface area contributed by atoms with Crippen LogP contribution in [0.1, 0.15) is 19.8 Å². The van der Waals surface area contributed by atoms with Crippen LogP contribution in [0, 0.1) is 0 Å². The lowest BCUT2D eigenvalue weighted by molar-refractivity contribution is -0.139. The van der Waals surface area contributed by atoms with Gasteiger partial charge in [-0.25, -0.2) is 0 Å². The molecule has 5 nitrogen and oxygen atoms in total. The highest BCUT2D eigenvalue weighted by Gasteiger charge is 2.22. The molecule has 0 saturated carbocycles. The highest BCUT2D eigenvalue weighted by molar-refractivity contribution is 5.83. The second-order valence-electron chi connectivity index (χ2n) is 3.99. The zero-order chi connectivity index (χ0) is 11.4. The number of hydrogen-bond acceptors (Lipinski definition) is 3. The molecule has 0 radical (unpaired) electrons. The molecule has 0 unspecified atom stereocenters. The predicted molar refractivity (Wildman–Crippen MR) is 55.1 cm³/mol. The lowest BCUT2D eigenvalue weighted by Crippen LogP contribution is -2.45. The van der Waals surface area contributed by atoms with Crippen molar-refractivity contribution in [3.05, 3.63) is 0 Å². The zero-order valence-corrected chi connectivity index (χ0v) is 9.27. The lowest BCUT2D eigenvalue weighted by Gasteiger charge is -2.30. The minimum Gasteiger partial charge on any atom is -0.393 e. The Hall–Kier alpha value is -1.10. The van der Waals surface area contributed by atoms with Crippen LogP contribution < -0.4 is 0 Å². The van der Waals surface area contributed by atoms with Crippen molar-refractivity contribution in [2.24, 2.45) is 0 Å². The van der Waals surface area contributed by atoms with Crippen LogP contribution in [-0.4, -0.2) is 59.5 Å². The molecule has 5 heteroatoms. The van der Waals surface area contributed by atoms with E-state index in [2.05, 4.69) is 0 Å². The van der Waals surface area contributed by atoms with Gasteiger partial charge in [0, 0.05) is 27.1 Å². The molecule has 1 saturated heterocycles. The predicted octanol–water partition coefficient (Wildman–Crippen LogP) is -0.552. The summed E-state index contributed by atoms with van der Waals surface area (Å²) >= 11 is 0. The molecule has 0 aromatic rings. The first-order chi connectivity index (χ1) is 7.00. The summed E-state index contributed by atoms with van der Waals surface area (Å²) in [6, 6.07) is 0. The third-order valence-corrected chi connectivity index (χ3v) is 2.73. The van der Waals surface area contributed by atoms with Gasteiger partial charge in [0.25, 0.3) is 0 Å². The first-order valence-corrected chi connectivity index (χ1v) is 5.18. The van der Waals surface area contributed by atoms with Crippen LogP contribution in [0.2, 0.25) is 0 Å². The molecule has 2 amide bonds. The summed E-state index contributed by atoms with van der Waals surface area (Å²) in [5.41, 5.74) is 0. The van der Waals surface area contributed by atoms with Gasteiger partial charge in [-0.3, -0.25) is 9.59 Å². The van der Waals surface area contributed by atoms with Crippen molar-refractivity contribution >= 4 is 11.8 Å². The molecule has 0 aromatic carbocycles. The molecule has 0 bridgehead atoms. The second-order valence-corrected chi connectivity index (χ2v) is 3.99. The Morgan fingerprint density at radius 3 is 2.40 bits per heavy atom. The number of likely N-dealkylation sites (N-methyl/N-ethyl adjacent to an activating group) is 1. The fourth-order valence-corrected chi connectivity index (χ4v) is 1.53. The summed E-state index contributed by atoms with van der Waals surface area (Å²) in [7, 11) is 1.61. The van der Waals surface area contributed by atoms with E-state index in [-0.39, 0.29) is 24.5 Å². The maximum atomic E-state index is 11.7. The second kappa shape index (κ2) is 5.11. The Labute approximate surface area is 89.7 Å². The first kappa shape index (κ1) is 12.0. The Morgan fingerprint density at radius 2 is 1.93 bits per heavy atom. The van der Waals surface area contributed by atoms with Crippen molar-refractivity contribution in [2.75, 3.05) is 26.7 Å². The van der Waals surface area contributed by atoms with Gasteiger partial charge in [-0.1, -0.05) is 0 Å². The van der Waals surface area contributed by atoms with Crippen LogP contribution in [0.15, 0.2) is 0 Å². The SMILES string of the molecule is CC(=O)N(C)CC(=O)N1CCC(O)CC1. The molecule has 0 atom stereocenters. The van der Waals surface area contributed by atoms with Crippen LogP contribution in [-0.2, 0) is 9.59 Å². The van der Waals surface area contributed by atoms with Gasteiger partial charge < -0.3 is 14.9 Å². The molecule has 86 valence electrons. The largest absolute Gasteiger partial charge is 0.393 e. The topological polar surface area (TPSA) is 60.9 Å². The highest BCUT2D eigenvalue weighted by Crippen LogP contribution is 2.10. The van der Waals surface area contributed by atoms with Crippen LogP contribution in [0.5, 0.6) is 0 Å². The van der Waals surface area contributed by atoms with E-state index in [1.807, 2.05) is 0 Å². The normalized spacial score (nSPS) is 17.7. The fourth-order valence-electron chi connectivity index (χ4n) is 1.53. The van der Waals surface area contributed by atoms with E-state index in [4.69, 9.17) is 0 Å². The molecule has 1 heterocycles.